The zero-order chi connectivity index (χ0) is 37.8. The summed E-state index contributed by atoms with van der Waals surface area (Å²) in [5.41, 5.74) is -1.37. The lowest BCUT2D eigenvalue weighted by Gasteiger charge is -2.37. The van der Waals surface area contributed by atoms with E-state index < -0.39 is 47.2 Å². The van der Waals surface area contributed by atoms with Gasteiger partial charge in [0.25, 0.3) is 0 Å². The fraction of sp³-hybridized carbons (Fsp3) is 0.833. The topological polar surface area (TPSA) is 144 Å². The number of hydrogen-bond donors (Lipinski definition) is 1. The zero-order valence-electron chi connectivity index (χ0n) is 32.1. The molecule has 2 aliphatic carbocycles. The average molecular weight is 803 g/mol. The molecular weight excluding hydrogens is 743 g/mol. The largest absolute Gasteiger partial charge is 0.467 e. The van der Waals surface area contributed by atoms with Gasteiger partial charge in [0.15, 0.2) is 0 Å². The monoisotopic (exact) mass is 802 g/mol. The van der Waals surface area contributed by atoms with Crippen molar-refractivity contribution in [2.75, 3.05) is 27.3 Å². The van der Waals surface area contributed by atoms with Gasteiger partial charge >= 0.3 is 18.0 Å². The molecule has 8 atom stereocenters. The summed E-state index contributed by atoms with van der Waals surface area (Å²) >= 11 is 2.03. The van der Waals surface area contributed by atoms with E-state index in [0.717, 1.165) is 0 Å². The lowest BCUT2D eigenvalue weighted by atomic mass is 9.85. The van der Waals surface area contributed by atoms with Crippen molar-refractivity contribution in [1.82, 2.24) is 15.1 Å². The van der Waals surface area contributed by atoms with Gasteiger partial charge < -0.3 is 29.3 Å². The molecule has 2 saturated carbocycles. The molecule has 0 spiro atoms. The number of methoxy groups -OCH3 is 2. The van der Waals surface area contributed by atoms with Gasteiger partial charge in [0, 0.05) is 24.9 Å². The first-order valence-electron chi connectivity index (χ1n) is 17.1. The molecule has 4 fully saturated rings. The van der Waals surface area contributed by atoms with E-state index in [4.69, 9.17) is 14.2 Å². The minimum absolute atomic E-state index is 0.0193. The molecule has 4 aliphatic rings. The number of amides is 3. The van der Waals surface area contributed by atoms with E-state index in [9.17, 15) is 24.0 Å². The van der Waals surface area contributed by atoms with E-state index in [1.165, 1.54) is 14.2 Å². The van der Waals surface area contributed by atoms with Crippen molar-refractivity contribution in [3.8, 4) is 0 Å². The minimum atomic E-state index is -0.805. The number of likely N-dealkylation sites (tertiary alicyclic amines) is 2. The summed E-state index contributed by atoms with van der Waals surface area (Å²) in [5, 5.41) is 2.71. The highest BCUT2D eigenvalue weighted by molar-refractivity contribution is 14.1. The van der Waals surface area contributed by atoms with Crippen molar-refractivity contribution in [3.05, 3.63) is 0 Å². The van der Waals surface area contributed by atoms with Crippen molar-refractivity contribution in [2.24, 2.45) is 50.3 Å². The van der Waals surface area contributed by atoms with Crippen LogP contribution in [0.3, 0.4) is 0 Å². The van der Waals surface area contributed by atoms with Gasteiger partial charge in [0.05, 0.1) is 18.4 Å². The van der Waals surface area contributed by atoms with Gasteiger partial charge in [-0.3, -0.25) is 14.6 Å². The summed E-state index contributed by atoms with van der Waals surface area (Å²) < 4.78 is 16.9. The van der Waals surface area contributed by atoms with E-state index in [1.54, 1.807) is 34.8 Å². The smallest absolute Gasteiger partial charge is 0.408 e. The number of nitrogens with zero attached hydrogens (tertiary/aromatic N) is 3. The number of piperidine rings is 2. The third-order valence-electron chi connectivity index (χ3n) is 10.9. The highest BCUT2D eigenvalue weighted by Gasteiger charge is 2.71. The van der Waals surface area contributed by atoms with Crippen molar-refractivity contribution >= 4 is 56.7 Å². The van der Waals surface area contributed by atoms with E-state index in [-0.39, 0.29) is 51.8 Å². The number of rotatable bonds is 6. The first-order chi connectivity index (χ1) is 22.2. The maximum Gasteiger partial charge on any atom is 0.408 e. The lowest BCUT2D eigenvalue weighted by Crippen LogP contribution is -2.58. The highest BCUT2D eigenvalue weighted by Crippen LogP contribution is 2.66. The van der Waals surface area contributed by atoms with E-state index in [2.05, 4.69) is 38.0 Å². The van der Waals surface area contributed by atoms with Crippen LogP contribution in [0.1, 0.15) is 90.0 Å². The average Bonchev–Trinajstić information content (AvgIpc) is 3.43. The van der Waals surface area contributed by atoms with Crippen LogP contribution in [0.15, 0.2) is 4.99 Å². The molecule has 49 heavy (non-hydrogen) atoms. The Labute approximate surface area is 306 Å². The molecule has 0 bridgehead atoms. The lowest BCUT2D eigenvalue weighted by molar-refractivity contribution is -0.154. The Kier molecular flexibility index (Phi) is 11.7. The Morgan fingerprint density at radius 3 is 1.49 bits per heavy atom. The van der Waals surface area contributed by atoms with Crippen molar-refractivity contribution < 1.29 is 38.2 Å². The Morgan fingerprint density at radius 2 is 1.16 bits per heavy atom. The van der Waals surface area contributed by atoms with Crippen LogP contribution in [0.2, 0.25) is 0 Å². The summed E-state index contributed by atoms with van der Waals surface area (Å²) in [7, 11) is 2.73. The number of nitrogens with one attached hydrogen (secondary N) is 1. The number of fused-ring (bicyclic) bond motifs is 2. The van der Waals surface area contributed by atoms with Gasteiger partial charge in [0.1, 0.15) is 29.8 Å². The number of aliphatic imine (C=N–C) groups is 1. The molecule has 12 nitrogen and oxygen atoms in total. The molecule has 3 amide bonds. The Balaban J connectivity index is 0.000000271. The second kappa shape index (κ2) is 13.9. The predicted molar refractivity (Wildman–Crippen MR) is 195 cm³/mol. The van der Waals surface area contributed by atoms with Gasteiger partial charge in [0.2, 0.25) is 11.8 Å². The molecule has 0 aromatic carbocycles. The number of halogens is 1. The second-order valence-electron chi connectivity index (χ2n) is 18.3. The summed E-state index contributed by atoms with van der Waals surface area (Å²) in [5.74, 6) is -0.101. The fourth-order valence-corrected chi connectivity index (χ4v) is 8.24. The quantitative estimate of drug-likeness (QED) is 0.169. The van der Waals surface area contributed by atoms with Gasteiger partial charge in [-0.2, -0.15) is 0 Å². The number of hydrogen-bond acceptors (Lipinski definition) is 9. The van der Waals surface area contributed by atoms with Gasteiger partial charge in [-0.05, 0) is 76.9 Å². The van der Waals surface area contributed by atoms with Crippen LogP contribution in [-0.2, 0) is 33.4 Å². The molecule has 4 rings (SSSR count). The van der Waals surface area contributed by atoms with Crippen LogP contribution in [0.4, 0.5) is 4.79 Å². The summed E-state index contributed by atoms with van der Waals surface area (Å²) in [6.07, 6.45) is -0.643. The van der Waals surface area contributed by atoms with Crippen LogP contribution in [0.25, 0.3) is 0 Å². The van der Waals surface area contributed by atoms with Crippen LogP contribution in [0.5, 0.6) is 0 Å². The summed E-state index contributed by atoms with van der Waals surface area (Å²) in [6.45, 7) is 26.6. The SMILES string of the molecule is COC(=O)[C@@H]1[C@@H]2[C@H](CN1C(=O)[C@@H](N=CI)C(C)(C)C)C2(C)C.COC(=O)[C@@H]1[C@@H]2[C@H](CN1C(=O)[C@@H](NC(=O)OC(C)(C)C)C(C)(C)C)C2(C)C. The minimum Gasteiger partial charge on any atom is -0.467 e. The number of carbonyl (C=O) groups excluding carboxylic acids is 5. The molecule has 0 unspecified atom stereocenters. The predicted octanol–water partition coefficient (Wildman–Crippen LogP) is 5.10. The first kappa shape index (κ1) is 41.0. The zero-order valence-corrected chi connectivity index (χ0v) is 34.3. The molecular formula is C36H59IN4O8. The third kappa shape index (κ3) is 8.38. The van der Waals surface area contributed by atoms with Crippen molar-refractivity contribution in [1.29, 1.82) is 0 Å². The van der Waals surface area contributed by atoms with E-state index in [1.807, 2.05) is 64.1 Å². The Hall–Kier alpha value is -2.45. The van der Waals surface area contributed by atoms with Crippen molar-refractivity contribution in [2.45, 2.75) is 120 Å². The van der Waals surface area contributed by atoms with Crippen LogP contribution in [-0.4, -0.2) is 101 Å². The Morgan fingerprint density at radius 1 is 0.755 bits per heavy atom. The normalized spacial score (nSPS) is 29.1. The number of alkyl carbamates (subject to hydrolysis) is 1. The standard InChI is InChI=1S/C20H34N2O5.C16H25IN2O3/c1-18(2,3)14(21-17(25)27-19(4,5)6)15(23)22-10-11-12(20(11,7)8)13(22)16(24)26-9;1-15(2,3)12(18-8-17)13(20)19-7-9-10(16(9,4)5)11(19)14(21)22-6/h11-14H,10H2,1-9H3,(H,21,25);8-12H,7H2,1-6H3/t11-,12-,13-,14+;9-,10-,11-,12+/m00/s1. The van der Waals surface area contributed by atoms with Gasteiger partial charge in [-0.15, -0.1) is 0 Å². The second-order valence-corrected chi connectivity index (χ2v) is 18.8. The highest BCUT2D eigenvalue weighted by atomic mass is 127. The van der Waals surface area contributed by atoms with Gasteiger partial charge in [-0.25, -0.2) is 14.4 Å². The maximum absolute atomic E-state index is 13.3. The maximum atomic E-state index is 13.3. The molecule has 2 aliphatic heterocycles. The number of esters is 2. The van der Waals surface area contributed by atoms with E-state index >= 15 is 0 Å². The molecule has 2 saturated heterocycles. The summed E-state index contributed by atoms with van der Waals surface area (Å²) in [4.78, 5) is 70.9. The Bertz CT molecular complexity index is 1340. The van der Waals surface area contributed by atoms with Gasteiger partial charge in [-0.1, -0.05) is 69.2 Å². The fourth-order valence-electron chi connectivity index (χ4n) is 7.92. The van der Waals surface area contributed by atoms with Crippen molar-refractivity contribution in [3.63, 3.8) is 0 Å². The molecule has 0 aromatic heterocycles. The number of ether oxygens (including phenoxy) is 3. The van der Waals surface area contributed by atoms with E-state index in [0.29, 0.717) is 19.0 Å². The van der Waals surface area contributed by atoms with Crippen LogP contribution >= 0.6 is 22.6 Å². The summed E-state index contributed by atoms with van der Waals surface area (Å²) in [6, 6.07) is -2.35. The molecule has 0 aromatic rings. The number of carbonyl (C=O) groups is 5. The van der Waals surface area contributed by atoms with Crippen LogP contribution in [0, 0.1) is 45.3 Å². The van der Waals surface area contributed by atoms with Crippen LogP contribution < -0.4 is 5.32 Å². The molecule has 13 heteroatoms. The molecule has 2 heterocycles. The third-order valence-corrected chi connectivity index (χ3v) is 11.2. The molecule has 1 N–H and O–H groups in total. The molecule has 0 radical (unpaired) electrons. The molecule has 278 valence electrons. The first-order valence-corrected chi connectivity index (χ1v) is 18.3.